The van der Waals surface area contributed by atoms with Crippen LogP contribution < -0.4 is 10.6 Å². The number of nitrogens with two attached hydrogens (primary N) is 1. The molecule has 0 saturated carbocycles. The number of anilines is 2. The highest BCUT2D eigenvalue weighted by atomic mass is 16.3. The van der Waals surface area contributed by atoms with Gasteiger partial charge < -0.3 is 15.7 Å². The van der Waals surface area contributed by atoms with Crippen LogP contribution in [-0.2, 0) is 0 Å². The average molecular weight is 231 g/mol. The van der Waals surface area contributed by atoms with E-state index in [0.29, 0.717) is 17.2 Å². The fourth-order valence-corrected chi connectivity index (χ4v) is 2.39. The summed E-state index contributed by atoms with van der Waals surface area (Å²) in [6.07, 6.45) is 1.92. The van der Waals surface area contributed by atoms with Gasteiger partial charge in [0.25, 0.3) is 0 Å². The average Bonchev–Trinajstić information content (AvgIpc) is 2.78. The van der Waals surface area contributed by atoms with Gasteiger partial charge in [-0.15, -0.1) is 0 Å². The van der Waals surface area contributed by atoms with Crippen molar-refractivity contribution in [2.45, 2.75) is 12.8 Å². The Kier molecular flexibility index (Phi) is 3.50. The molecular weight excluding hydrogens is 214 g/mol. The fraction of sp³-hybridized carbons (Fsp3) is 0.462. The molecule has 90 valence electrons. The molecule has 0 radical (unpaired) electrons. The number of benzene rings is 1. The lowest BCUT2D eigenvalue weighted by molar-refractivity contribution is 0.263. The van der Waals surface area contributed by atoms with Crippen molar-refractivity contribution >= 4 is 11.4 Å². The molecule has 1 saturated heterocycles. The van der Waals surface area contributed by atoms with E-state index in [9.17, 15) is 0 Å². The number of nitrogen functional groups attached to an aromatic ring is 1. The summed E-state index contributed by atoms with van der Waals surface area (Å²) in [6, 6.07) is 7.65. The van der Waals surface area contributed by atoms with Crippen LogP contribution in [0.3, 0.4) is 0 Å². The maximum absolute atomic E-state index is 9.10. The van der Waals surface area contributed by atoms with Gasteiger partial charge >= 0.3 is 0 Å². The summed E-state index contributed by atoms with van der Waals surface area (Å²) < 4.78 is 0. The first kappa shape index (κ1) is 11.7. The predicted octanol–water partition coefficient (Wildman–Crippen LogP) is 1.35. The van der Waals surface area contributed by atoms with E-state index in [1.54, 1.807) is 6.07 Å². The molecule has 1 heterocycles. The summed E-state index contributed by atoms with van der Waals surface area (Å²) in [5, 5.41) is 18.0. The van der Waals surface area contributed by atoms with Gasteiger partial charge in [0.1, 0.15) is 6.07 Å². The zero-order valence-corrected chi connectivity index (χ0v) is 9.76. The van der Waals surface area contributed by atoms with Crippen molar-refractivity contribution in [3.8, 4) is 6.07 Å². The van der Waals surface area contributed by atoms with Gasteiger partial charge in [-0.2, -0.15) is 5.26 Å². The zero-order chi connectivity index (χ0) is 12.3. The van der Waals surface area contributed by atoms with Crippen LogP contribution >= 0.6 is 0 Å². The number of rotatable bonds is 3. The van der Waals surface area contributed by atoms with Crippen molar-refractivity contribution in [1.82, 2.24) is 0 Å². The first-order valence-electron chi connectivity index (χ1n) is 5.90. The summed E-state index contributed by atoms with van der Waals surface area (Å²) in [6.45, 7) is 2.10. The molecule has 1 atom stereocenters. The van der Waals surface area contributed by atoms with Gasteiger partial charge in [-0.05, 0) is 37.0 Å². The summed E-state index contributed by atoms with van der Waals surface area (Å²) in [5.74, 6) is 0.532. The first-order chi connectivity index (χ1) is 8.24. The fourth-order valence-electron chi connectivity index (χ4n) is 2.39. The number of nitrogens with zero attached hydrogens (tertiary/aromatic N) is 2. The highest BCUT2D eigenvalue weighted by Crippen LogP contribution is 2.29. The van der Waals surface area contributed by atoms with Gasteiger partial charge in [0, 0.05) is 25.4 Å². The molecule has 1 aliphatic heterocycles. The summed E-state index contributed by atoms with van der Waals surface area (Å²) in [7, 11) is 0. The molecule has 0 amide bonds. The number of hydrogen-bond donors (Lipinski definition) is 2. The van der Waals surface area contributed by atoms with E-state index in [2.05, 4.69) is 11.0 Å². The molecule has 0 spiro atoms. The lowest BCUT2D eigenvalue weighted by Crippen LogP contribution is -2.21. The Labute approximate surface area is 101 Å². The van der Waals surface area contributed by atoms with Crippen LogP contribution in [0.15, 0.2) is 18.2 Å². The second-order valence-corrected chi connectivity index (χ2v) is 4.50. The second-order valence-electron chi connectivity index (χ2n) is 4.50. The van der Waals surface area contributed by atoms with Crippen LogP contribution in [0.4, 0.5) is 11.4 Å². The largest absolute Gasteiger partial charge is 0.399 e. The molecule has 1 unspecified atom stereocenters. The molecule has 17 heavy (non-hydrogen) atoms. The Morgan fingerprint density at radius 1 is 1.53 bits per heavy atom. The smallest absolute Gasteiger partial charge is 0.101 e. The Hall–Kier alpha value is -1.73. The quantitative estimate of drug-likeness (QED) is 0.770. The van der Waals surface area contributed by atoms with E-state index in [0.717, 1.165) is 31.6 Å². The van der Waals surface area contributed by atoms with E-state index in [-0.39, 0.29) is 6.61 Å². The molecule has 4 nitrogen and oxygen atoms in total. The van der Waals surface area contributed by atoms with Gasteiger partial charge in [0.05, 0.1) is 11.3 Å². The van der Waals surface area contributed by atoms with Gasteiger partial charge in [0.2, 0.25) is 0 Å². The normalized spacial score (nSPS) is 19.3. The van der Waals surface area contributed by atoms with Crippen molar-refractivity contribution < 1.29 is 5.11 Å². The van der Waals surface area contributed by atoms with Crippen molar-refractivity contribution in [1.29, 1.82) is 5.26 Å². The van der Waals surface area contributed by atoms with Crippen LogP contribution in [0.25, 0.3) is 0 Å². The summed E-state index contributed by atoms with van der Waals surface area (Å²) in [5.41, 5.74) is 7.89. The molecule has 0 aliphatic carbocycles. The molecule has 1 aromatic rings. The SMILES string of the molecule is N#Cc1cc(N)ccc1N1CCC(CCO)C1. The van der Waals surface area contributed by atoms with Crippen molar-refractivity contribution in [2.75, 3.05) is 30.3 Å². The van der Waals surface area contributed by atoms with Crippen molar-refractivity contribution in [2.24, 2.45) is 5.92 Å². The summed E-state index contributed by atoms with van der Waals surface area (Å²) >= 11 is 0. The van der Waals surface area contributed by atoms with E-state index in [1.807, 2.05) is 12.1 Å². The van der Waals surface area contributed by atoms with E-state index < -0.39 is 0 Å². The molecule has 3 N–H and O–H groups in total. The molecule has 4 heteroatoms. The maximum Gasteiger partial charge on any atom is 0.101 e. The van der Waals surface area contributed by atoms with Crippen LogP contribution in [0, 0.1) is 17.2 Å². The van der Waals surface area contributed by atoms with Crippen LogP contribution in [0.1, 0.15) is 18.4 Å². The topological polar surface area (TPSA) is 73.3 Å². The minimum atomic E-state index is 0.241. The number of aliphatic hydroxyl groups excluding tert-OH is 1. The van der Waals surface area contributed by atoms with E-state index in [4.69, 9.17) is 16.1 Å². The van der Waals surface area contributed by atoms with Crippen molar-refractivity contribution in [3.63, 3.8) is 0 Å². The van der Waals surface area contributed by atoms with Crippen molar-refractivity contribution in [3.05, 3.63) is 23.8 Å². The molecule has 1 aromatic carbocycles. The Morgan fingerprint density at radius 2 is 2.35 bits per heavy atom. The van der Waals surface area contributed by atoms with Crippen LogP contribution in [0.2, 0.25) is 0 Å². The highest BCUT2D eigenvalue weighted by Gasteiger charge is 2.23. The second kappa shape index (κ2) is 5.07. The molecule has 1 aliphatic rings. The molecule has 0 aromatic heterocycles. The number of aliphatic hydroxyl groups is 1. The maximum atomic E-state index is 9.10. The van der Waals surface area contributed by atoms with Gasteiger partial charge in [-0.1, -0.05) is 0 Å². The predicted molar refractivity (Wildman–Crippen MR) is 67.6 cm³/mol. The third-order valence-corrected chi connectivity index (χ3v) is 3.30. The highest BCUT2D eigenvalue weighted by molar-refractivity contribution is 5.64. The van der Waals surface area contributed by atoms with E-state index >= 15 is 0 Å². The first-order valence-corrected chi connectivity index (χ1v) is 5.90. The lowest BCUT2D eigenvalue weighted by Gasteiger charge is -2.20. The molecular formula is C13H17N3O. The molecule has 0 bridgehead atoms. The standard InChI is InChI=1S/C13H17N3O/c14-8-11-7-12(15)1-2-13(11)16-5-3-10(9-16)4-6-17/h1-2,7,10,17H,3-6,9,15H2. The Morgan fingerprint density at radius 3 is 3.06 bits per heavy atom. The minimum absolute atomic E-state index is 0.241. The summed E-state index contributed by atoms with van der Waals surface area (Å²) in [4.78, 5) is 2.21. The van der Waals surface area contributed by atoms with E-state index in [1.165, 1.54) is 0 Å². The Balaban J connectivity index is 2.16. The van der Waals surface area contributed by atoms with Gasteiger partial charge in [-0.3, -0.25) is 0 Å². The van der Waals surface area contributed by atoms with Crippen LogP contribution in [-0.4, -0.2) is 24.8 Å². The zero-order valence-electron chi connectivity index (χ0n) is 9.76. The Bertz CT molecular complexity index is 439. The van der Waals surface area contributed by atoms with Crippen LogP contribution in [0.5, 0.6) is 0 Å². The number of nitriles is 1. The monoisotopic (exact) mass is 231 g/mol. The molecule has 1 fully saturated rings. The van der Waals surface area contributed by atoms with Gasteiger partial charge in [0.15, 0.2) is 0 Å². The third kappa shape index (κ3) is 2.51. The lowest BCUT2D eigenvalue weighted by atomic mass is 10.1. The molecule has 2 rings (SSSR count). The van der Waals surface area contributed by atoms with Gasteiger partial charge in [-0.25, -0.2) is 0 Å². The minimum Gasteiger partial charge on any atom is -0.399 e. The third-order valence-electron chi connectivity index (χ3n) is 3.30. The number of hydrogen-bond acceptors (Lipinski definition) is 4.